The van der Waals surface area contributed by atoms with Crippen molar-refractivity contribution in [3.05, 3.63) is 101 Å². The van der Waals surface area contributed by atoms with Gasteiger partial charge >= 0.3 is 0 Å². The number of aromatic nitrogens is 2. The summed E-state index contributed by atoms with van der Waals surface area (Å²) in [6.45, 7) is 2.99. The Kier molecular flexibility index (Phi) is 11.8. The molecule has 248 valence electrons. The van der Waals surface area contributed by atoms with Crippen molar-refractivity contribution in [2.45, 2.75) is 70.2 Å². The van der Waals surface area contributed by atoms with E-state index in [1.54, 1.807) is 12.3 Å². The minimum Gasteiger partial charge on any atom is -0.489 e. The number of sulfone groups is 1. The molecule has 1 heterocycles. The van der Waals surface area contributed by atoms with E-state index in [4.69, 9.17) is 25.8 Å². The molecule has 0 saturated heterocycles. The Morgan fingerprint density at radius 2 is 1.70 bits per heavy atom. The number of carbonyl (C=O) groups is 1. The Morgan fingerprint density at radius 3 is 2.43 bits per heavy atom. The zero-order valence-electron chi connectivity index (χ0n) is 26.7. The van der Waals surface area contributed by atoms with Crippen LogP contribution >= 0.6 is 11.6 Å². The van der Waals surface area contributed by atoms with Gasteiger partial charge in [-0.1, -0.05) is 85.8 Å². The average Bonchev–Trinajstić information content (AvgIpc) is 3.58. The van der Waals surface area contributed by atoms with Gasteiger partial charge in [0.25, 0.3) is 5.88 Å². The number of hydrogen-bond donors (Lipinski definition) is 0. The first-order chi connectivity index (χ1) is 22.7. The van der Waals surface area contributed by atoms with E-state index in [1.807, 2.05) is 61.5 Å². The molecular formula is C36H40ClN3O6S. The van der Waals surface area contributed by atoms with Gasteiger partial charge in [0.1, 0.15) is 12.4 Å². The summed E-state index contributed by atoms with van der Waals surface area (Å²) in [5.74, 6) is 1.40. The van der Waals surface area contributed by atoms with Gasteiger partial charge in [-0.3, -0.25) is 9.69 Å². The summed E-state index contributed by atoms with van der Waals surface area (Å²) in [7, 11) is -3.56. The molecule has 1 aliphatic carbocycles. The molecule has 11 heteroatoms. The molecule has 1 aliphatic rings. The number of hydrogen-bond acceptors (Lipinski definition) is 8. The minimum absolute atomic E-state index is 0.0163. The molecule has 47 heavy (non-hydrogen) atoms. The van der Waals surface area contributed by atoms with Crippen molar-refractivity contribution in [2.75, 3.05) is 17.8 Å². The molecule has 5 rings (SSSR count). The minimum atomic E-state index is -3.56. The van der Waals surface area contributed by atoms with Crippen LogP contribution in [0.4, 0.5) is 11.5 Å². The summed E-state index contributed by atoms with van der Waals surface area (Å²) in [6.07, 6.45) is 8.29. The summed E-state index contributed by atoms with van der Waals surface area (Å²) in [6, 6.07) is 22.1. The molecule has 1 fully saturated rings. The highest BCUT2D eigenvalue weighted by molar-refractivity contribution is 7.90. The first kappa shape index (κ1) is 34.3. The third-order valence-corrected chi connectivity index (χ3v) is 9.63. The maximum absolute atomic E-state index is 13.8. The molecule has 1 aromatic heterocycles. The SMILES string of the molecule is CCOc1nc(COCc2ccccc2OCc2ccccc2)cnc1N(C(=O)CCC1CCCC1)c1ccc(S(C)(=O)=O)c(Cl)c1. The molecule has 0 unspecified atom stereocenters. The van der Waals surface area contributed by atoms with Crippen LogP contribution in [-0.2, 0) is 39.2 Å². The number of amides is 1. The highest BCUT2D eigenvalue weighted by Crippen LogP contribution is 2.36. The molecule has 0 spiro atoms. The van der Waals surface area contributed by atoms with Gasteiger partial charge in [0.2, 0.25) is 11.7 Å². The van der Waals surface area contributed by atoms with Crippen LogP contribution in [0.5, 0.6) is 11.6 Å². The molecule has 0 bridgehead atoms. The zero-order valence-corrected chi connectivity index (χ0v) is 28.3. The number of nitrogens with zero attached hydrogens (tertiary/aromatic N) is 3. The van der Waals surface area contributed by atoms with Gasteiger partial charge in [-0.05, 0) is 49.1 Å². The topological polar surface area (TPSA) is 108 Å². The monoisotopic (exact) mass is 677 g/mol. The fraction of sp³-hybridized carbons (Fsp3) is 0.361. The van der Waals surface area contributed by atoms with E-state index >= 15 is 0 Å². The predicted octanol–water partition coefficient (Wildman–Crippen LogP) is 7.86. The second kappa shape index (κ2) is 16.2. The van der Waals surface area contributed by atoms with Crippen molar-refractivity contribution >= 4 is 38.9 Å². The summed E-state index contributed by atoms with van der Waals surface area (Å²) >= 11 is 6.42. The number of benzene rings is 3. The lowest BCUT2D eigenvalue weighted by atomic mass is 10.0. The fourth-order valence-electron chi connectivity index (χ4n) is 5.67. The molecule has 3 aromatic carbocycles. The largest absolute Gasteiger partial charge is 0.489 e. The van der Waals surface area contributed by atoms with E-state index in [-0.39, 0.29) is 47.3 Å². The Balaban J connectivity index is 1.35. The van der Waals surface area contributed by atoms with Crippen LogP contribution in [0, 0.1) is 5.92 Å². The van der Waals surface area contributed by atoms with Gasteiger partial charge in [0, 0.05) is 18.2 Å². The maximum atomic E-state index is 13.8. The maximum Gasteiger partial charge on any atom is 0.258 e. The molecule has 9 nitrogen and oxygen atoms in total. The van der Waals surface area contributed by atoms with Crippen LogP contribution < -0.4 is 14.4 Å². The van der Waals surface area contributed by atoms with Crippen LogP contribution in [-0.4, -0.2) is 37.2 Å². The first-order valence-electron chi connectivity index (χ1n) is 15.9. The van der Waals surface area contributed by atoms with E-state index in [2.05, 4.69) is 9.97 Å². The summed E-state index contributed by atoms with van der Waals surface area (Å²) in [5, 5.41) is 0.0163. The molecule has 0 atom stereocenters. The number of para-hydroxylation sites is 1. The third-order valence-electron chi connectivity index (χ3n) is 8.05. The van der Waals surface area contributed by atoms with Crippen molar-refractivity contribution in [3.8, 4) is 11.6 Å². The van der Waals surface area contributed by atoms with E-state index in [0.717, 1.165) is 42.4 Å². The van der Waals surface area contributed by atoms with Gasteiger partial charge in [0.05, 0.1) is 47.3 Å². The van der Waals surface area contributed by atoms with E-state index in [9.17, 15) is 13.2 Å². The van der Waals surface area contributed by atoms with Gasteiger partial charge in [-0.25, -0.2) is 18.4 Å². The lowest BCUT2D eigenvalue weighted by molar-refractivity contribution is -0.118. The number of carbonyl (C=O) groups excluding carboxylic acids is 1. The molecule has 1 saturated carbocycles. The Hall–Kier alpha value is -3.99. The third kappa shape index (κ3) is 9.31. The zero-order chi connectivity index (χ0) is 33.2. The molecule has 4 aromatic rings. The van der Waals surface area contributed by atoms with Gasteiger partial charge in [0.15, 0.2) is 9.84 Å². The van der Waals surface area contributed by atoms with Crippen molar-refractivity contribution in [3.63, 3.8) is 0 Å². The van der Waals surface area contributed by atoms with Crippen LogP contribution in [0.25, 0.3) is 0 Å². The lowest BCUT2D eigenvalue weighted by Crippen LogP contribution is -2.28. The average molecular weight is 678 g/mol. The second-order valence-electron chi connectivity index (χ2n) is 11.6. The summed E-state index contributed by atoms with van der Waals surface area (Å²) in [5.41, 5.74) is 2.86. The van der Waals surface area contributed by atoms with Crippen molar-refractivity contribution in [2.24, 2.45) is 5.92 Å². The normalized spacial score (nSPS) is 13.4. The van der Waals surface area contributed by atoms with Crippen molar-refractivity contribution < 1.29 is 27.4 Å². The number of halogens is 1. The quantitative estimate of drug-likeness (QED) is 0.125. The summed E-state index contributed by atoms with van der Waals surface area (Å²) < 4.78 is 42.4. The van der Waals surface area contributed by atoms with Crippen molar-refractivity contribution in [1.82, 2.24) is 9.97 Å². The van der Waals surface area contributed by atoms with Crippen LogP contribution in [0.2, 0.25) is 5.02 Å². The summed E-state index contributed by atoms with van der Waals surface area (Å²) in [4.78, 5) is 24.6. The number of ether oxygens (including phenoxy) is 3. The second-order valence-corrected chi connectivity index (χ2v) is 14.0. The van der Waals surface area contributed by atoms with Gasteiger partial charge in [-0.15, -0.1) is 0 Å². The lowest BCUT2D eigenvalue weighted by Gasteiger charge is -2.25. The molecular weight excluding hydrogens is 638 g/mol. The van der Waals surface area contributed by atoms with Crippen LogP contribution in [0.15, 0.2) is 83.9 Å². The Bertz CT molecular complexity index is 1760. The van der Waals surface area contributed by atoms with E-state index < -0.39 is 9.84 Å². The molecule has 0 radical (unpaired) electrons. The molecule has 0 N–H and O–H groups in total. The van der Waals surface area contributed by atoms with E-state index in [1.165, 1.54) is 29.9 Å². The Morgan fingerprint density at radius 1 is 0.957 bits per heavy atom. The fourth-order valence-corrected chi connectivity index (χ4v) is 7.00. The first-order valence-corrected chi connectivity index (χ1v) is 18.1. The van der Waals surface area contributed by atoms with Crippen LogP contribution in [0.1, 0.15) is 62.3 Å². The predicted molar refractivity (Wildman–Crippen MR) is 182 cm³/mol. The van der Waals surface area contributed by atoms with Crippen molar-refractivity contribution in [1.29, 1.82) is 0 Å². The van der Waals surface area contributed by atoms with Gasteiger partial charge in [-0.2, -0.15) is 0 Å². The van der Waals surface area contributed by atoms with Crippen LogP contribution in [0.3, 0.4) is 0 Å². The number of rotatable bonds is 15. The van der Waals surface area contributed by atoms with E-state index in [0.29, 0.717) is 30.3 Å². The number of anilines is 2. The Labute approximate surface area is 281 Å². The smallest absolute Gasteiger partial charge is 0.258 e. The highest BCUT2D eigenvalue weighted by atomic mass is 35.5. The standard InChI is InChI=1S/C36H40ClN3O6S/c1-3-45-36-35(40(34(41)20-17-26-11-7-8-12-26)30-18-19-33(31(37)21-30)47(2,42)43)38-22-29(39-36)25-44-24-28-15-9-10-16-32(28)46-23-27-13-5-4-6-14-27/h4-6,9-10,13-16,18-19,21-22,26H,3,7-8,11-12,17,20,23-25H2,1-2H3. The molecule has 0 aliphatic heterocycles. The van der Waals surface area contributed by atoms with Gasteiger partial charge < -0.3 is 14.2 Å². The molecule has 1 amide bonds. The highest BCUT2D eigenvalue weighted by Gasteiger charge is 2.27.